The first-order chi connectivity index (χ1) is 8.40. The van der Waals surface area contributed by atoms with E-state index in [0.717, 1.165) is 29.8 Å². The lowest BCUT2D eigenvalue weighted by molar-refractivity contribution is 0.671. The number of para-hydroxylation sites is 1. The number of hydrogen-bond donors (Lipinski definition) is 0. The average Bonchev–Trinajstić information content (AvgIpc) is 2.78. The lowest BCUT2D eigenvalue weighted by atomic mass is 9.96. The van der Waals surface area contributed by atoms with E-state index in [2.05, 4.69) is 11.2 Å². The van der Waals surface area contributed by atoms with Crippen molar-refractivity contribution in [2.75, 3.05) is 0 Å². The molecule has 0 aliphatic heterocycles. The van der Waals surface area contributed by atoms with Crippen molar-refractivity contribution in [3.8, 4) is 11.8 Å². The first kappa shape index (κ1) is 10.1. The molecule has 17 heavy (non-hydrogen) atoms. The van der Waals surface area contributed by atoms with Crippen LogP contribution in [0.1, 0.15) is 29.8 Å². The minimum atomic E-state index is 0.714. The van der Waals surface area contributed by atoms with Crippen LogP contribution in [0.15, 0.2) is 30.3 Å². The molecule has 0 spiro atoms. The average molecular weight is 223 g/mol. The fourth-order valence-electron chi connectivity index (χ4n) is 2.42. The monoisotopic (exact) mass is 223 g/mol. The van der Waals surface area contributed by atoms with Crippen molar-refractivity contribution in [1.29, 1.82) is 5.26 Å². The molecule has 1 aliphatic rings. The fraction of sp³-hybridized carbons (Fsp3) is 0.286. The number of nitrogens with zero attached hydrogens (tertiary/aromatic N) is 3. The number of hydrogen-bond acceptors (Lipinski definition) is 2. The van der Waals surface area contributed by atoms with Gasteiger partial charge in [0, 0.05) is 5.56 Å². The highest BCUT2D eigenvalue weighted by Gasteiger charge is 2.20. The highest BCUT2D eigenvalue weighted by atomic mass is 15.3. The van der Waals surface area contributed by atoms with Gasteiger partial charge in [-0.15, -0.1) is 0 Å². The minimum absolute atomic E-state index is 0.714. The first-order valence-corrected chi connectivity index (χ1v) is 5.96. The summed E-state index contributed by atoms with van der Waals surface area (Å²) in [5.41, 5.74) is 3.95. The second-order valence-electron chi connectivity index (χ2n) is 4.34. The molecule has 84 valence electrons. The van der Waals surface area contributed by atoms with Gasteiger partial charge in [0.15, 0.2) is 0 Å². The molecule has 3 rings (SSSR count). The van der Waals surface area contributed by atoms with Crippen molar-refractivity contribution >= 4 is 0 Å². The third-order valence-corrected chi connectivity index (χ3v) is 3.26. The quantitative estimate of drug-likeness (QED) is 0.745. The Morgan fingerprint density at radius 1 is 1.12 bits per heavy atom. The largest absolute Gasteiger partial charge is 0.222 e. The van der Waals surface area contributed by atoms with Crippen molar-refractivity contribution in [2.24, 2.45) is 0 Å². The number of aromatic nitrogens is 2. The van der Waals surface area contributed by atoms with Crippen molar-refractivity contribution in [1.82, 2.24) is 9.78 Å². The van der Waals surface area contributed by atoms with Crippen LogP contribution in [0.4, 0.5) is 0 Å². The Morgan fingerprint density at radius 2 is 1.88 bits per heavy atom. The fourth-order valence-corrected chi connectivity index (χ4v) is 2.42. The summed E-state index contributed by atoms with van der Waals surface area (Å²) in [4.78, 5) is 0. The van der Waals surface area contributed by atoms with Gasteiger partial charge in [-0.3, -0.25) is 0 Å². The third kappa shape index (κ3) is 1.62. The Kier molecular flexibility index (Phi) is 2.41. The van der Waals surface area contributed by atoms with E-state index in [4.69, 9.17) is 0 Å². The Labute approximate surface area is 100 Å². The number of rotatable bonds is 1. The van der Waals surface area contributed by atoms with Crippen LogP contribution in [-0.2, 0) is 12.8 Å². The van der Waals surface area contributed by atoms with Crippen molar-refractivity contribution < 1.29 is 0 Å². The Hall–Kier alpha value is -2.08. The van der Waals surface area contributed by atoms with E-state index in [1.165, 1.54) is 12.8 Å². The molecule has 0 unspecified atom stereocenters. The highest BCUT2D eigenvalue weighted by molar-refractivity contribution is 5.44. The van der Waals surface area contributed by atoms with E-state index >= 15 is 0 Å². The molecule has 1 aromatic carbocycles. The van der Waals surface area contributed by atoms with E-state index in [0.29, 0.717) is 5.69 Å². The van der Waals surface area contributed by atoms with E-state index < -0.39 is 0 Å². The van der Waals surface area contributed by atoms with Crippen LogP contribution in [0.2, 0.25) is 0 Å². The second-order valence-corrected chi connectivity index (χ2v) is 4.34. The maximum atomic E-state index is 9.31. The molecule has 0 bridgehead atoms. The molecular formula is C14H13N3. The van der Waals surface area contributed by atoms with Crippen LogP contribution in [0.5, 0.6) is 0 Å². The number of benzene rings is 1. The predicted molar refractivity (Wildman–Crippen MR) is 64.9 cm³/mol. The van der Waals surface area contributed by atoms with Crippen LogP contribution < -0.4 is 0 Å². The Bertz CT molecular complexity index is 576. The Morgan fingerprint density at radius 3 is 2.65 bits per heavy atom. The summed E-state index contributed by atoms with van der Waals surface area (Å²) in [5, 5.41) is 13.9. The van der Waals surface area contributed by atoms with Gasteiger partial charge in [0.1, 0.15) is 11.8 Å². The van der Waals surface area contributed by atoms with Gasteiger partial charge in [-0.05, 0) is 37.8 Å². The van der Waals surface area contributed by atoms with Gasteiger partial charge >= 0.3 is 0 Å². The minimum Gasteiger partial charge on any atom is -0.222 e. The lowest BCUT2D eigenvalue weighted by Gasteiger charge is -2.07. The molecule has 0 atom stereocenters. The first-order valence-electron chi connectivity index (χ1n) is 5.96. The smallest absolute Gasteiger partial charge is 0.147 e. The van der Waals surface area contributed by atoms with Gasteiger partial charge in [-0.1, -0.05) is 18.2 Å². The lowest BCUT2D eigenvalue weighted by Crippen LogP contribution is -2.01. The van der Waals surface area contributed by atoms with Crippen molar-refractivity contribution in [2.45, 2.75) is 25.7 Å². The second kappa shape index (κ2) is 4.06. The normalized spacial score (nSPS) is 14.1. The number of fused-ring (bicyclic) bond motifs is 1. The molecule has 1 heterocycles. The summed E-state index contributed by atoms with van der Waals surface area (Å²) in [6, 6.07) is 12.2. The van der Waals surface area contributed by atoms with Crippen LogP contribution >= 0.6 is 0 Å². The molecule has 0 saturated heterocycles. The zero-order valence-electron chi connectivity index (χ0n) is 9.56. The zero-order valence-corrected chi connectivity index (χ0v) is 9.56. The molecule has 1 aromatic heterocycles. The molecule has 0 saturated carbocycles. The van der Waals surface area contributed by atoms with E-state index in [9.17, 15) is 5.26 Å². The molecule has 3 heteroatoms. The highest BCUT2D eigenvalue weighted by Crippen LogP contribution is 2.25. The topological polar surface area (TPSA) is 41.6 Å². The molecule has 0 N–H and O–H groups in total. The van der Waals surface area contributed by atoms with Crippen LogP contribution in [0.25, 0.3) is 5.69 Å². The van der Waals surface area contributed by atoms with Crippen LogP contribution in [0, 0.1) is 11.3 Å². The molecule has 2 aromatic rings. The van der Waals surface area contributed by atoms with E-state index in [1.54, 1.807) is 4.68 Å². The van der Waals surface area contributed by atoms with Gasteiger partial charge in [0.25, 0.3) is 0 Å². The summed E-state index contributed by atoms with van der Waals surface area (Å²) in [6.07, 6.45) is 4.35. The molecule has 3 nitrogen and oxygen atoms in total. The summed E-state index contributed by atoms with van der Waals surface area (Å²) in [7, 11) is 0. The molecule has 0 fully saturated rings. The van der Waals surface area contributed by atoms with Gasteiger partial charge in [-0.2, -0.15) is 10.4 Å². The van der Waals surface area contributed by atoms with Crippen molar-refractivity contribution in [3.63, 3.8) is 0 Å². The zero-order chi connectivity index (χ0) is 11.7. The van der Waals surface area contributed by atoms with E-state index in [1.807, 2.05) is 30.3 Å². The molecular weight excluding hydrogens is 210 g/mol. The van der Waals surface area contributed by atoms with Gasteiger partial charge < -0.3 is 0 Å². The third-order valence-electron chi connectivity index (χ3n) is 3.26. The number of aryl methyl sites for hydroxylation is 1. The molecule has 0 amide bonds. The maximum Gasteiger partial charge on any atom is 0.147 e. The number of nitriles is 1. The predicted octanol–water partition coefficient (Wildman–Crippen LogP) is 2.62. The van der Waals surface area contributed by atoms with Gasteiger partial charge in [-0.25, -0.2) is 4.68 Å². The summed E-state index contributed by atoms with van der Waals surface area (Å²) in [5.74, 6) is 0. The maximum absolute atomic E-state index is 9.31. The summed E-state index contributed by atoms with van der Waals surface area (Å²) < 4.78 is 1.79. The van der Waals surface area contributed by atoms with Crippen LogP contribution in [-0.4, -0.2) is 9.78 Å². The summed E-state index contributed by atoms with van der Waals surface area (Å²) >= 11 is 0. The summed E-state index contributed by atoms with van der Waals surface area (Å²) in [6.45, 7) is 0. The SMILES string of the molecule is N#Cc1c2c(nn1-c1ccccc1)CCCC2. The van der Waals surface area contributed by atoms with Gasteiger partial charge in [0.05, 0.1) is 11.4 Å². The molecule has 1 aliphatic carbocycles. The standard InChI is InChI=1S/C14H13N3/c15-10-14-12-8-4-5-9-13(12)16-17(14)11-6-2-1-3-7-11/h1-3,6-7H,4-5,8-9H2. The van der Waals surface area contributed by atoms with Crippen molar-refractivity contribution in [3.05, 3.63) is 47.3 Å². The van der Waals surface area contributed by atoms with Crippen LogP contribution in [0.3, 0.4) is 0 Å². The van der Waals surface area contributed by atoms with Gasteiger partial charge in [0.2, 0.25) is 0 Å². The Balaban J connectivity index is 2.18. The molecule has 0 radical (unpaired) electrons. The van der Waals surface area contributed by atoms with E-state index in [-0.39, 0.29) is 0 Å².